The van der Waals surface area contributed by atoms with Crippen molar-refractivity contribution < 1.29 is 8.42 Å². The number of anilines is 2. The van der Waals surface area contributed by atoms with Crippen LogP contribution in [0.3, 0.4) is 0 Å². The van der Waals surface area contributed by atoms with E-state index in [0.29, 0.717) is 37.4 Å². The third kappa shape index (κ3) is 3.79. The van der Waals surface area contributed by atoms with Crippen LogP contribution in [-0.4, -0.2) is 34.6 Å². The third-order valence-corrected chi connectivity index (χ3v) is 5.66. The number of sulfonamides is 1. The smallest absolute Gasteiger partial charge is 0.240 e. The predicted molar refractivity (Wildman–Crippen MR) is 101 cm³/mol. The molecule has 1 aliphatic heterocycles. The number of piperazine rings is 1. The molecule has 1 saturated heterocycles. The van der Waals surface area contributed by atoms with Crippen LogP contribution in [0.5, 0.6) is 0 Å². The van der Waals surface area contributed by atoms with Crippen molar-refractivity contribution in [3.05, 3.63) is 52.5 Å². The lowest BCUT2D eigenvalue weighted by Crippen LogP contribution is -2.47. The van der Waals surface area contributed by atoms with Crippen LogP contribution >= 0.6 is 15.9 Å². The molecule has 2 aromatic carbocycles. The van der Waals surface area contributed by atoms with Gasteiger partial charge in [0.2, 0.25) is 10.0 Å². The van der Waals surface area contributed by atoms with E-state index in [1.54, 1.807) is 24.3 Å². The van der Waals surface area contributed by atoms with E-state index >= 15 is 0 Å². The fraction of sp³-hybridized carbons (Fsp3) is 0.235. The molecule has 0 bridgehead atoms. The van der Waals surface area contributed by atoms with Crippen molar-refractivity contribution in [3.63, 3.8) is 0 Å². The molecule has 0 atom stereocenters. The normalized spacial score (nSPS) is 15.1. The summed E-state index contributed by atoms with van der Waals surface area (Å²) in [6.45, 7) is 2.67. The maximum Gasteiger partial charge on any atom is 0.240 e. The average Bonchev–Trinajstić information content (AvgIpc) is 2.61. The summed E-state index contributed by atoms with van der Waals surface area (Å²) < 4.78 is 24.5. The third-order valence-electron chi connectivity index (χ3n) is 4.21. The molecule has 0 unspecified atom stereocenters. The summed E-state index contributed by atoms with van der Waals surface area (Å²) in [5.41, 5.74) is 2.14. The zero-order valence-corrected chi connectivity index (χ0v) is 15.8. The van der Waals surface area contributed by atoms with Crippen molar-refractivity contribution >= 4 is 37.3 Å². The minimum atomic E-state index is -3.77. The van der Waals surface area contributed by atoms with Gasteiger partial charge in [-0.1, -0.05) is 28.1 Å². The topological polar surface area (TPSA) is 90.4 Å². The van der Waals surface area contributed by atoms with E-state index in [-0.39, 0.29) is 4.90 Å². The Balaban J connectivity index is 1.81. The number of primary sulfonamides is 1. The number of benzene rings is 2. The first-order valence-electron chi connectivity index (χ1n) is 7.71. The van der Waals surface area contributed by atoms with Crippen LogP contribution in [0.25, 0.3) is 0 Å². The summed E-state index contributed by atoms with van der Waals surface area (Å²) in [6, 6.07) is 14.6. The Morgan fingerprint density at radius 2 is 1.60 bits per heavy atom. The Labute approximate surface area is 155 Å². The van der Waals surface area contributed by atoms with Crippen LogP contribution in [0.2, 0.25) is 0 Å². The molecule has 25 heavy (non-hydrogen) atoms. The summed E-state index contributed by atoms with van der Waals surface area (Å²) in [4.78, 5) is 4.30. The molecule has 6 nitrogen and oxygen atoms in total. The van der Waals surface area contributed by atoms with Gasteiger partial charge in [-0.25, -0.2) is 13.6 Å². The number of nitrogens with zero attached hydrogens (tertiary/aromatic N) is 3. The predicted octanol–water partition coefficient (Wildman–Crippen LogP) is 2.29. The first-order chi connectivity index (χ1) is 11.9. The largest absolute Gasteiger partial charge is 0.367 e. The second-order valence-electron chi connectivity index (χ2n) is 5.76. The maximum absolute atomic E-state index is 11.8. The molecule has 0 radical (unpaired) electrons. The fourth-order valence-corrected chi connectivity index (χ4v) is 4.14. The monoisotopic (exact) mass is 420 g/mol. The van der Waals surface area contributed by atoms with E-state index in [1.807, 2.05) is 17.0 Å². The molecular formula is C17H17BrN4O2S. The summed E-state index contributed by atoms with van der Waals surface area (Å²) in [6.07, 6.45) is 0. The van der Waals surface area contributed by atoms with Gasteiger partial charge in [-0.15, -0.1) is 0 Å². The van der Waals surface area contributed by atoms with E-state index in [9.17, 15) is 13.7 Å². The van der Waals surface area contributed by atoms with Crippen molar-refractivity contribution in [2.45, 2.75) is 4.90 Å². The zero-order chi connectivity index (χ0) is 18.0. The number of rotatable bonds is 3. The van der Waals surface area contributed by atoms with Gasteiger partial charge >= 0.3 is 0 Å². The van der Waals surface area contributed by atoms with E-state index in [2.05, 4.69) is 26.9 Å². The number of nitriles is 1. The molecular weight excluding hydrogens is 404 g/mol. The lowest BCUT2D eigenvalue weighted by atomic mass is 10.1. The van der Waals surface area contributed by atoms with Crippen LogP contribution < -0.4 is 14.9 Å². The molecule has 8 heteroatoms. The number of hydrogen-bond acceptors (Lipinski definition) is 5. The van der Waals surface area contributed by atoms with Crippen molar-refractivity contribution in [3.8, 4) is 6.07 Å². The van der Waals surface area contributed by atoms with Crippen molar-refractivity contribution in [1.82, 2.24) is 0 Å². The quantitative estimate of drug-likeness (QED) is 0.822. The maximum atomic E-state index is 11.8. The van der Waals surface area contributed by atoms with Gasteiger partial charge in [0.25, 0.3) is 0 Å². The molecule has 1 fully saturated rings. The number of nitrogens with two attached hydrogens (primary N) is 1. The van der Waals surface area contributed by atoms with Gasteiger partial charge in [0.05, 0.1) is 16.9 Å². The fourth-order valence-electron chi connectivity index (χ4n) is 3.02. The molecule has 3 rings (SSSR count). The average molecular weight is 421 g/mol. The first kappa shape index (κ1) is 17.7. The van der Waals surface area contributed by atoms with Gasteiger partial charge in [0.1, 0.15) is 11.0 Å². The van der Waals surface area contributed by atoms with Gasteiger partial charge in [-0.2, -0.15) is 5.26 Å². The van der Waals surface area contributed by atoms with Gasteiger partial charge in [0.15, 0.2) is 0 Å². The van der Waals surface area contributed by atoms with Crippen LogP contribution in [0, 0.1) is 11.3 Å². The number of halogens is 1. The summed E-state index contributed by atoms with van der Waals surface area (Å²) in [5, 5.41) is 14.7. The summed E-state index contributed by atoms with van der Waals surface area (Å²) in [5.74, 6) is 0. The Morgan fingerprint density at radius 1 is 1.00 bits per heavy atom. The van der Waals surface area contributed by atoms with Crippen LogP contribution in [-0.2, 0) is 10.0 Å². The Bertz CT molecular complexity index is 932. The minimum Gasteiger partial charge on any atom is -0.367 e. The highest BCUT2D eigenvalue weighted by Gasteiger charge is 2.23. The van der Waals surface area contributed by atoms with Crippen molar-refractivity contribution in [1.29, 1.82) is 5.26 Å². The molecule has 2 aromatic rings. The van der Waals surface area contributed by atoms with Crippen LogP contribution in [0.1, 0.15) is 5.56 Å². The second kappa shape index (κ2) is 7.04. The summed E-state index contributed by atoms with van der Waals surface area (Å²) >= 11 is 3.38. The first-order valence-corrected chi connectivity index (χ1v) is 10.1. The van der Waals surface area contributed by atoms with Gasteiger partial charge in [-0.3, -0.25) is 0 Å². The van der Waals surface area contributed by atoms with Crippen LogP contribution in [0.4, 0.5) is 11.4 Å². The van der Waals surface area contributed by atoms with Crippen LogP contribution in [0.15, 0.2) is 51.8 Å². The molecule has 0 aliphatic carbocycles. The lowest BCUT2D eigenvalue weighted by molar-refractivity contribution is 0.595. The SMILES string of the molecule is N#Cc1cc(Br)ccc1N1CCN(c2ccccc2S(N)(=O)=O)CC1. The Morgan fingerprint density at radius 3 is 2.20 bits per heavy atom. The van der Waals surface area contributed by atoms with E-state index in [0.717, 1.165) is 10.2 Å². The molecule has 0 amide bonds. The highest BCUT2D eigenvalue weighted by atomic mass is 79.9. The standard InChI is InChI=1S/C17H17BrN4O2S/c18-14-5-6-15(13(11-14)12-19)21-7-9-22(10-8-21)16-3-1-2-4-17(16)25(20,23)24/h1-6,11H,7-10H2,(H2,20,23,24). The van der Waals surface area contributed by atoms with Gasteiger partial charge < -0.3 is 9.80 Å². The van der Waals surface area contributed by atoms with Crippen molar-refractivity contribution in [2.24, 2.45) is 5.14 Å². The molecule has 1 heterocycles. The zero-order valence-electron chi connectivity index (χ0n) is 13.4. The highest BCUT2D eigenvalue weighted by molar-refractivity contribution is 9.10. The molecule has 1 aliphatic rings. The molecule has 0 saturated carbocycles. The van der Waals surface area contributed by atoms with Gasteiger partial charge in [-0.05, 0) is 30.3 Å². The Hall–Kier alpha value is -2.08. The van der Waals surface area contributed by atoms with E-state index in [1.165, 1.54) is 6.07 Å². The lowest BCUT2D eigenvalue weighted by Gasteiger charge is -2.38. The van der Waals surface area contributed by atoms with Gasteiger partial charge in [0, 0.05) is 30.7 Å². The van der Waals surface area contributed by atoms with E-state index < -0.39 is 10.0 Å². The van der Waals surface area contributed by atoms with E-state index in [4.69, 9.17) is 5.14 Å². The Kier molecular flexibility index (Phi) is 4.99. The molecule has 2 N–H and O–H groups in total. The summed E-state index contributed by atoms with van der Waals surface area (Å²) in [7, 11) is -3.77. The molecule has 0 spiro atoms. The minimum absolute atomic E-state index is 0.143. The highest BCUT2D eigenvalue weighted by Crippen LogP contribution is 2.28. The number of para-hydroxylation sites is 1. The van der Waals surface area contributed by atoms with Crippen molar-refractivity contribution in [2.75, 3.05) is 36.0 Å². The second-order valence-corrected chi connectivity index (χ2v) is 8.21. The number of hydrogen-bond donors (Lipinski definition) is 1. The molecule has 0 aromatic heterocycles. The molecule has 130 valence electrons.